The van der Waals surface area contributed by atoms with Crippen LogP contribution in [-0.4, -0.2) is 0 Å². The summed E-state index contributed by atoms with van der Waals surface area (Å²) in [5, 5.41) is 0. The zero-order valence-electron chi connectivity index (χ0n) is 12.9. The van der Waals surface area contributed by atoms with Crippen LogP contribution in [0.5, 0.6) is 0 Å². The van der Waals surface area contributed by atoms with Gasteiger partial charge in [0.2, 0.25) is 0 Å². The van der Waals surface area contributed by atoms with Crippen LogP contribution in [0.3, 0.4) is 0 Å². The van der Waals surface area contributed by atoms with E-state index in [4.69, 9.17) is 0 Å². The predicted octanol–water partition coefficient (Wildman–Crippen LogP) is 6.59. The van der Waals surface area contributed by atoms with Gasteiger partial charge in [-0.2, -0.15) is 0 Å². The van der Waals surface area contributed by atoms with Gasteiger partial charge < -0.3 is 0 Å². The summed E-state index contributed by atoms with van der Waals surface area (Å²) in [5.41, 5.74) is 0. The van der Waals surface area contributed by atoms with E-state index in [2.05, 4.69) is 27.7 Å². The van der Waals surface area contributed by atoms with Gasteiger partial charge in [0.05, 0.1) is 0 Å². The minimum atomic E-state index is 0.886. The molecule has 0 rings (SSSR count). The fourth-order valence-electron chi connectivity index (χ4n) is 2.77. The van der Waals surface area contributed by atoms with E-state index >= 15 is 0 Å². The Bertz CT molecular complexity index is 137. The third-order valence-corrected chi connectivity index (χ3v) is 3.74. The summed E-state index contributed by atoms with van der Waals surface area (Å²) in [6.45, 7) is 9.36. The Hall–Kier alpha value is 0. The second-order valence-corrected chi connectivity index (χ2v) is 6.19. The Morgan fingerprint density at radius 2 is 1.12 bits per heavy atom. The SMILES string of the molecule is CCCCCCCC(CCCCC)CC(C)C. The van der Waals surface area contributed by atoms with Crippen LogP contribution < -0.4 is 0 Å². The summed E-state index contributed by atoms with van der Waals surface area (Å²) >= 11 is 0. The van der Waals surface area contributed by atoms with E-state index in [1.807, 2.05) is 0 Å². The molecule has 0 heterocycles. The van der Waals surface area contributed by atoms with Crippen molar-refractivity contribution in [2.24, 2.45) is 11.8 Å². The highest BCUT2D eigenvalue weighted by molar-refractivity contribution is 4.62. The second kappa shape index (κ2) is 12.5. The van der Waals surface area contributed by atoms with Gasteiger partial charge in [-0.05, 0) is 18.3 Å². The summed E-state index contributed by atoms with van der Waals surface area (Å²) in [5.74, 6) is 1.90. The number of rotatable bonds is 12. The first kappa shape index (κ1) is 17.0. The molecule has 0 aromatic heterocycles. The van der Waals surface area contributed by atoms with Crippen molar-refractivity contribution in [3.05, 3.63) is 0 Å². The molecule has 0 saturated carbocycles. The molecular weight excluding hydrogens is 204 g/mol. The first-order valence-corrected chi connectivity index (χ1v) is 8.20. The summed E-state index contributed by atoms with van der Waals surface area (Å²) in [6.07, 6.45) is 15.9. The van der Waals surface area contributed by atoms with Crippen molar-refractivity contribution in [1.29, 1.82) is 0 Å². The molecule has 0 fully saturated rings. The van der Waals surface area contributed by atoms with Crippen molar-refractivity contribution in [3.63, 3.8) is 0 Å². The average Bonchev–Trinajstić information content (AvgIpc) is 2.28. The number of hydrogen-bond acceptors (Lipinski definition) is 0. The maximum absolute atomic E-state index is 2.38. The molecule has 1 unspecified atom stereocenters. The fourth-order valence-corrected chi connectivity index (χ4v) is 2.77. The molecule has 0 aromatic rings. The average molecular weight is 240 g/mol. The molecule has 0 aliphatic carbocycles. The lowest BCUT2D eigenvalue weighted by Crippen LogP contribution is -2.05. The van der Waals surface area contributed by atoms with Crippen LogP contribution in [-0.2, 0) is 0 Å². The van der Waals surface area contributed by atoms with Gasteiger partial charge >= 0.3 is 0 Å². The van der Waals surface area contributed by atoms with Gasteiger partial charge in [0.1, 0.15) is 0 Å². The Morgan fingerprint density at radius 1 is 0.647 bits per heavy atom. The summed E-state index contributed by atoms with van der Waals surface area (Å²) < 4.78 is 0. The second-order valence-electron chi connectivity index (χ2n) is 6.19. The van der Waals surface area contributed by atoms with E-state index in [-0.39, 0.29) is 0 Å². The van der Waals surface area contributed by atoms with E-state index < -0.39 is 0 Å². The van der Waals surface area contributed by atoms with E-state index in [1.54, 1.807) is 0 Å². The molecule has 0 bridgehead atoms. The molecule has 0 aliphatic heterocycles. The Morgan fingerprint density at radius 3 is 1.65 bits per heavy atom. The number of unbranched alkanes of at least 4 members (excludes halogenated alkanes) is 6. The minimum Gasteiger partial charge on any atom is -0.0654 e. The Labute approximate surface area is 111 Å². The lowest BCUT2D eigenvalue weighted by molar-refractivity contribution is 0.340. The molecule has 1 atom stereocenters. The van der Waals surface area contributed by atoms with Crippen LogP contribution in [0.1, 0.15) is 98.3 Å². The van der Waals surface area contributed by atoms with Crippen LogP contribution in [0.4, 0.5) is 0 Å². The van der Waals surface area contributed by atoms with Crippen molar-refractivity contribution in [3.8, 4) is 0 Å². The highest BCUT2D eigenvalue weighted by atomic mass is 14.2. The standard InChI is InChI=1S/C17H36/c1-5-7-9-10-12-14-17(15-16(3)4)13-11-8-6-2/h16-17H,5-15H2,1-4H3. The molecule has 0 aliphatic rings. The molecule has 0 saturated heterocycles. The summed E-state index contributed by atoms with van der Waals surface area (Å²) in [4.78, 5) is 0. The van der Waals surface area contributed by atoms with Gasteiger partial charge in [0.15, 0.2) is 0 Å². The lowest BCUT2D eigenvalue weighted by Gasteiger charge is -2.18. The van der Waals surface area contributed by atoms with Crippen molar-refractivity contribution < 1.29 is 0 Å². The quantitative estimate of drug-likeness (QED) is 0.338. The maximum atomic E-state index is 2.38. The molecule has 0 amide bonds. The maximum Gasteiger partial charge on any atom is -0.0412 e. The van der Waals surface area contributed by atoms with Gasteiger partial charge in [0.25, 0.3) is 0 Å². The highest BCUT2D eigenvalue weighted by Crippen LogP contribution is 2.24. The van der Waals surface area contributed by atoms with Crippen LogP contribution in [0.15, 0.2) is 0 Å². The van der Waals surface area contributed by atoms with E-state index in [1.165, 1.54) is 70.6 Å². The molecule has 0 spiro atoms. The third-order valence-electron chi connectivity index (χ3n) is 3.74. The van der Waals surface area contributed by atoms with Gasteiger partial charge in [-0.25, -0.2) is 0 Å². The zero-order valence-corrected chi connectivity index (χ0v) is 12.9. The third kappa shape index (κ3) is 12.2. The smallest absolute Gasteiger partial charge is 0.0412 e. The van der Waals surface area contributed by atoms with Gasteiger partial charge in [-0.15, -0.1) is 0 Å². The highest BCUT2D eigenvalue weighted by Gasteiger charge is 2.10. The van der Waals surface area contributed by atoms with Crippen molar-refractivity contribution in [1.82, 2.24) is 0 Å². The fraction of sp³-hybridized carbons (Fsp3) is 1.00. The van der Waals surface area contributed by atoms with Gasteiger partial charge in [-0.1, -0.05) is 91.9 Å². The molecular formula is C17H36. The predicted molar refractivity (Wildman–Crippen MR) is 80.5 cm³/mol. The molecule has 0 nitrogen and oxygen atoms in total. The zero-order chi connectivity index (χ0) is 12.9. The minimum absolute atomic E-state index is 0.886. The molecule has 17 heavy (non-hydrogen) atoms. The van der Waals surface area contributed by atoms with E-state index in [0.29, 0.717) is 0 Å². The monoisotopic (exact) mass is 240 g/mol. The van der Waals surface area contributed by atoms with Crippen LogP contribution in [0.25, 0.3) is 0 Å². The summed E-state index contributed by atoms with van der Waals surface area (Å²) in [6, 6.07) is 0. The van der Waals surface area contributed by atoms with Crippen LogP contribution in [0, 0.1) is 11.8 Å². The lowest BCUT2D eigenvalue weighted by atomic mass is 9.87. The first-order chi connectivity index (χ1) is 8.20. The van der Waals surface area contributed by atoms with E-state index in [0.717, 1.165) is 11.8 Å². The van der Waals surface area contributed by atoms with Crippen LogP contribution in [0.2, 0.25) is 0 Å². The summed E-state index contributed by atoms with van der Waals surface area (Å²) in [7, 11) is 0. The largest absolute Gasteiger partial charge is 0.0654 e. The topological polar surface area (TPSA) is 0 Å². The number of hydrogen-bond donors (Lipinski definition) is 0. The first-order valence-electron chi connectivity index (χ1n) is 8.20. The Kier molecular flexibility index (Phi) is 12.5. The molecule has 104 valence electrons. The molecule has 0 heteroatoms. The van der Waals surface area contributed by atoms with Crippen molar-refractivity contribution in [2.75, 3.05) is 0 Å². The van der Waals surface area contributed by atoms with Crippen molar-refractivity contribution in [2.45, 2.75) is 98.3 Å². The van der Waals surface area contributed by atoms with Crippen molar-refractivity contribution >= 4 is 0 Å². The molecule has 0 aromatic carbocycles. The van der Waals surface area contributed by atoms with Gasteiger partial charge in [-0.3, -0.25) is 0 Å². The Balaban J connectivity index is 3.61. The van der Waals surface area contributed by atoms with Gasteiger partial charge in [0, 0.05) is 0 Å². The molecule has 0 radical (unpaired) electrons. The van der Waals surface area contributed by atoms with Crippen LogP contribution >= 0.6 is 0 Å². The normalized spacial score (nSPS) is 13.2. The van der Waals surface area contributed by atoms with E-state index in [9.17, 15) is 0 Å². The molecule has 0 N–H and O–H groups in total.